The molecule has 20 heavy (non-hydrogen) atoms. The molecule has 2 heterocycles. The quantitative estimate of drug-likeness (QED) is 0.925. The van der Waals surface area contributed by atoms with Gasteiger partial charge in [-0.25, -0.2) is 0 Å². The summed E-state index contributed by atoms with van der Waals surface area (Å²) in [6, 6.07) is 0.367. The molecule has 5 nitrogen and oxygen atoms in total. The van der Waals surface area contributed by atoms with E-state index in [0.717, 1.165) is 28.8 Å². The number of nitrogens with two attached hydrogens (primary N) is 1. The second-order valence-electron chi connectivity index (χ2n) is 5.59. The van der Waals surface area contributed by atoms with E-state index in [1.165, 1.54) is 24.2 Å². The lowest BCUT2D eigenvalue weighted by Gasteiger charge is -2.23. The molecule has 2 N–H and O–H groups in total. The zero-order valence-electron chi connectivity index (χ0n) is 12.1. The maximum absolute atomic E-state index is 12.7. The second kappa shape index (κ2) is 4.77. The lowest BCUT2D eigenvalue weighted by molar-refractivity contribution is 0.0741. The van der Waals surface area contributed by atoms with E-state index in [1.54, 1.807) is 4.68 Å². The van der Waals surface area contributed by atoms with Crippen LogP contribution in [-0.4, -0.2) is 33.7 Å². The molecule has 0 radical (unpaired) electrons. The number of carbonyl (C=O) groups is 1. The molecule has 1 aliphatic carbocycles. The van der Waals surface area contributed by atoms with E-state index in [2.05, 4.69) is 5.10 Å². The first kappa shape index (κ1) is 13.4. The van der Waals surface area contributed by atoms with Crippen LogP contribution in [0.15, 0.2) is 0 Å². The van der Waals surface area contributed by atoms with Gasteiger partial charge < -0.3 is 10.6 Å². The predicted molar refractivity (Wildman–Crippen MR) is 82.1 cm³/mol. The first-order chi connectivity index (χ1) is 9.50. The van der Waals surface area contributed by atoms with Crippen LogP contribution in [0.2, 0.25) is 0 Å². The highest BCUT2D eigenvalue weighted by Gasteiger charge is 2.28. The Bertz CT molecular complexity index is 666. The number of thiophene rings is 1. The summed E-state index contributed by atoms with van der Waals surface area (Å²) in [5.74, 6) is 0.0509. The van der Waals surface area contributed by atoms with Crippen LogP contribution in [0.5, 0.6) is 0 Å². The van der Waals surface area contributed by atoms with Crippen LogP contribution in [0.3, 0.4) is 0 Å². The Morgan fingerprint density at radius 3 is 2.70 bits per heavy atom. The van der Waals surface area contributed by atoms with Crippen molar-refractivity contribution in [3.05, 3.63) is 10.6 Å². The number of fused-ring (bicyclic) bond motifs is 1. The molecule has 1 fully saturated rings. The molecular formula is C14H20N4OS. The summed E-state index contributed by atoms with van der Waals surface area (Å²) < 4.78 is 1.80. The third-order valence-corrected chi connectivity index (χ3v) is 5.53. The molecule has 0 saturated heterocycles. The minimum absolute atomic E-state index is 0.0509. The van der Waals surface area contributed by atoms with E-state index in [9.17, 15) is 4.79 Å². The Morgan fingerprint density at radius 2 is 2.10 bits per heavy atom. The van der Waals surface area contributed by atoms with Crippen LogP contribution in [0.25, 0.3) is 10.2 Å². The van der Waals surface area contributed by atoms with E-state index >= 15 is 0 Å². The number of nitrogen functional groups attached to an aromatic ring is 1. The van der Waals surface area contributed by atoms with E-state index < -0.39 is 0 Å². The van der Waals surface area contributed by atoms with Gasteiger partial charge in [-0.2, -0.15) is 5.10 Å². The third kappa shape index (κ3) is 1.90. The normalized spacial score (nSPS) is 16.1. The van der Waals surface area contributed by atoms with Gasteiger partial charge in [0.05, 0.1) is 16.8 Å². The van der Waals surface area contributed by atoms with Crippen LogP contribution in [0.1, 0.15) is 41.0 Å². The van der Waals surface area contributed by atoms with Gasteiger partial charge in [-0.3, -0.25) is 9.48 Å². The van der Waals surface area contributed by atoms with Gasteiger partial charge in [-0.15, -0.1) is 11.3 Å². The number of anilines is 1. The first-order valence-corrected chi connectivity index (χ1v) is 7.81. The van der Waals surface area contributed by atoms with Crippen molar-refractivity contribution < 1.29 is 4.79 Å². The molecule has 0 bridgehead atoms. The van der Waals surface area contributed by atoms with Crippen LogP contribution >= 0.6 is 11.3 Å². The summed E-state index contributed by atoms with van der Waals surface area (Å²) in [6.45, 7) is 1.93. The van der Waals surface area contributed by atoms with Crippen LogP contribution in [-0.2, 0) is 7.05 Å². The summed E-state index contributed by atoms with van der Waals surface area (Å²) in [7, 11) is 3.79. The second-order valence-corrected chi connectivity index (χ2v) is 6.59. The fourth-order valence-electron chi connectivity index (χ4n) is 3.11. The fourth-order valence-corrected chi connectivity index (χ4v) is 4.28. The average Bonchev–Trinajstić information content (AvgIpc) is 3.09. The van der Waals surface area contributed by atoms with Crippen molar-refractivity contribution in [3.8, 4) is 0 Å². The summed E-state index contributed by atoms with van der Waals surface area (Å²) in [6.07, 6.45) is 4.64. The highest BCUT2D eigenvalue weighted by molar-refractivity contribution is 7.21. The number of hydrogen-bond acceptors (Lipinski definition) is 4. The van der Waals surface area contributed by atoms with Gasteiger partial charge in [0.15, 0.2) is 0 Å². The molecule has 1 aliphatic rings. The van der Waals surface area contributed by atoms with E-state index in [0.29, 0.717) is 16.6 Å². The van der Waals surface area contributed by atoms with Crippen molar-refractivity contribution in [2.75, 3.05) is 12.8 Å². The lowest BCUT2D eigenvalue weighted by atomic mass is 10.2. The number of rotatable bonds is 2. The highest BCUT2D eigenvalue weighted by atomic mass is 32.1. The molecular weight excluding hydrogens is 272 g/mol. The topological polar surface area (TPSA) is 64.2 Å². The standard InChI is InChI=1S/C14H20N4OS/c1-8-10-11(15)12(20-14(10)18(3)16-8)13(19)17(2)9-6-4-5-7-9/h9H,4-7,15H2,1-3H3. The minimum Gasteiger partial charge on any atom is -0.397 e. The van der Waals surface area contributed by atoms with Crippen LogP contribution in [0.4, 0.5) is 5.69 Å². The van der Waals surface area contributed by atoms with E-state index in [1.807, 2.05) is 25.9 Å². The molecule has 2 aromatic heterocycles. The Morgan fingerprint density at radius 1 is 1.45 bits per heavy atom. The Balaban J connectivity index is 1.99. The predicted octanol–water partition coefficient (Wildman–Crippen LogP) is 2.54. The van der Waals surface area contributed by atoms with Gasteiger partial charge >= 0.3 is 0 Å². The monoisotopic (exact) mass is 292 g/mol. The maximum atomic E-state index is 12.7. The Labute approximate surface area is 122 Å². The fraction of sp³-hybridized carbons (Fsp3) is 0.571. The van der Waals surface area contributed by atoms with Crippen molar-refractivity contribution >= 4 is 33.1 Å². The van der Waals surface area contributed by atoms with Gasteiger partial charge in [0.25, 0.3) is 5.91 Å². The summed E-state index contributed by atoms with van der Waals surface area (Å²) in [5.41, 5.74) is 7.68. The zero-order valence-corrected chi connectivity index (χ0v) is 13.0. The lowest BCUT2D eigenvalue weighted by Crippen LogP contribution is -2.35. The highest BCUT2D eigenvalue weighted by Crippen LogP contribution is 2.37. The Hall–Kier alpha value is -1.56. The largest absolute Gasteiger partial charge is 0.397 e. The van der Waals surface area contributed by atoms with Crippen molar-refractivity contribution in [3.63, 3.8) is 0 Å². The zero-order chi connectivity index (χ0) is 14.4. The maximum Gasteiger partial charge on any atom is 0.266 e. The van der Waals surface area contributed by atoms with Crippen LogP contribution < -0.4 is 5.73 Å². The van der Waals surface area contributed by atoms with Crippen LogP contribution in [0, 0.1) is 6.92 Å². The molecule has 0 atom stereocenters. The number of amides is 1. The van der Waals surface area contributed by atoms with Crippen molar-refractivity contribution in [1.82, 2.24) is 14.7 Å². The number of carbonyl (C=O) groups excluding carboxylic acids is 1. The SMILES string of the molecule is Cc1nn(C)c2sc(C(=O)N(C)C3CCCC3)c(N)c12. The molecule has 0 aromatic carbocycles. The molecule has 1 amide bonds. The minimum atomic E-state index is 0.0509. The summed E-state index contributed by atoms with van der Waals surface area (Å²) in [4.78, 5) is 16.2. The number of nitrogens with zero attached hydrogens (tertiary/aromatic N) is 3. The van der Waals surface area contributed by atoms with E-state index in [-0.39, 0.29) is 5.91 Å². The van der Waals surface area contributed by atoms with Gasteiger partial charge in [-0.05, 0) is 19.8 Å². The van der Waals surface area contributed by atoms with Gasteiger partial charge in [0.2, 0.25) is 0 Å². The molecule has 6 heteroatoms. The molecule has 2 aromatic rings. The third-order valence-electron chi connectivity index (χ3n) is 4.27. The number of hydrogen-bond donors (Lipinski definition) is 1. The number of aromatic nitrogens is 2. The summed E-state index contributed by atoms with van der Waals surface area (Å²) >= 11 is 1.45. The Kier molecular flexibility index (Phi) is 3.20. The van der Waals surface area contributed by atoms with Crippen molar-refractivity contribution in [1.29, 1.82) is 0 Å². The smallest absolute Gasteiger partial charge is 0.266 e. The molecule has 0 unspecified atom stereocenters. The van der Waals surface area contributed by atoms with E-state index in [4.69, 9.17) is 5.73 Å². The van der Waals surface area contributed by atoms with Crippen molar-refractivity contribution in [2.45, 2.75) is 38.6 Å². The van der Waals surface area contributed by atoms with Crippen molar-refractivity contribution in [2.24, 2.45) is 7.05 Å². The molecule has 0 aliphatic heterocycles. The average molecular weight is 292 g/mol. The van der Waals surface area contributed by atoms with Gasteiger partial charge in [-0.1, -0.05) is 12.8 Å². The first-order valence-electron chi connectivity index (χ1n) is 6.99. The van der Waals surface area contributed by atoms with Gasteiger partial charge in [0.1, 0.15) is 9.71 Å². The number of aryl methyl sites for hydroxylation is 2. The molecule has 3 rings (SSSR count). The molecule has 0 spiro atoms. The molecule has 1 saturated carbocycles. The molecule has 108 valence electrons. The van der Waals surface area contributed by atoms with Gasteiger partial charge in [0, 0.05) is 20.1 Å². The summed E-state index contributed by atoms with van der Waals surface area (Å²) in [5, 5.41) is 5.29.